The van der Waals surface area contributed by atoms with Crippen molar-refractivity contribution in [3.8, 4) is 0 Å². The van der Waals surface area contributed by atoms with E-state index in [0.717, 1.165) is 12.3 Å². The van der Waals surface area contributed by atoms with Gasteiger partial charge in [0, 0.05) is 0 Å². The molecule has 2 atom stereocenters. The first-order chi connectivity index (χ1) is 6.07. The van der Waals surface area contributed by atoms with Crippen molar-refractivity contribution < 1.29 is 13.2 Å². The predicted molar refractivity (Wildman–Crippen MR) is 43.9 cm³/mol. The molecule has 0 saturated heterocycles. The van der Waals surface area contributed by atoms with Crippen LogP contribution >= 0.6 is 0 Å². The molecule has 0 heterocycles. The molecule has 0 N–H and O–H groups in total. The highest BCUT2D eigenvalue weighted by atomic mass is 19.4. The second-order valence-electron chi connectivity index (χ2n) is 4.29. The first-order valence-electron chi connectivity index (χ1n) is 4.97. The van der Waals surface area contributed by atoms with Gasteiger partial charge in [-0.2, -0.15) is 13.2 Å². The van der Waals surface area contributed by atoms with Gasteiger partial charge in [0.2, 0.25) is 0 Å². The Bertz CT molecular complexity index is 173. The van der Waals surface area contributed by atoms with Gasteiger partial charge in [-0.05, 0) is 50.4 Å². The zero-order valence-corrected chi connectivity index (χ0v) is 7.48. The lowest BCUT2D eigenvalue weighted by Crippen LogP contribution is -2.28. The van der Waals surface area contributed by atoms with E-state index in [2.05, 4.69) is 0 Å². The van der Waals surface area contributed by atoms with Crippen LogP contribution in [0.4, 0.5) is 13.2 Å². The van der Waals surface area contributed by atoms with Crippen molar-refractivity contribution in [3.05, 3.63) is 6.42 Å². The van der Waals surface area contributed by atoms with Gasteiger partial charge in [-0.3, -0.25) is 0 Å². The van der Waals surface area contributed by atoms with E-state index in [4.69, 9.17) is 0 Å². The minimum absolute atomic E-state index is 0.324. The Kier molecular flexibility index (Phi) is 2.28. The van der Waals surface area contributed by atoms with Crippen LogP contribution in [-0.4, -0.2) is 6.18 Å². The zero-order chi connectivity index (χ0) is 9.47. The molecule has 0 aromatic rings. The molecule has 2 aliphatic carbocycles. The van der Waals surface area contributed by atoms with Crippen molar-refractivity contribution in [1.82, 2.24) is 0 Å². The molecule has 0 bridgehead atoms. The molecule has 13 heavy (non-hydrogen) atoms. The summed E-state index contributed by atoms with van der Waals surface area (Å²) in [5.74, 6) is 0.200. The second kappa shape index (κ2) is 3.18. The van der Waals surface area contributed by atoms with Crippen LogP contribution in [0, 0.1) is 24.2 Å². The Morgan fingerprint density at radius 1 is 0.923 bits per heavy atom. The van der Waals surface area contributed by atoms with Gasteiger partial charge in [-0.15, -0.1) is 0 Å². The van der Waals surface area contributed by atoms with Crippen LogP contribution in [0.5, 0.6) is 0 Å². The smallest absolute Gasteiger partial charge is 0.171 e. The molecule has 2 fully saturated rings. The summed E-state index contributed by atoms with van der Waals surface area (Å²) in [5.41, 5.74) is 0. The number of halogens is 3. The molecule has 0 nitrogen and oxygen atoms in total. The van der Waals surface area contributed by atoms with Crippen LogP contribution in [0.3, 0.4) is 0 Å². The summed E-state index contributed by atoms with van der Waals surface area (Å²) >= 11 is 0. The van der Waals surface area contributed by atoms with Crippen LogP contribution in [0.25, 0.3) is 0 Å². The van der Waals surface area contributed by atoms with Gasteiger partial charge in [0.1, 0.15) is 0 Å². The minimum Gasteiger partial charge on any atom is -0.171 e. The van der Waals surface area contributed by atoms with E-state index in [1.165, 1.54) is 19.3 Å². The molecular weight excluding hydrogens is 177 g/mol. The average molecular weight is 191 g/mol. The summed E-state index contributed by atoms with van der Waals surface area (Å²) in [5, 5.41) is 0. The molecule has 0 amide bonds. The normalized spacial score (nSPS) is 36.2. The van der Waals surface area contributed by atoms with Gasteiger partial charge in [0.05, 0.1) is 5.92 Å². The number of alkyl halides is 3. The first-order valence-corrected chi connectivity index (χ1v) is 4.97. The third-order valence-electron chi connectivity index (χ3n) is 3.28. The number of hydrogen-bond donors (Lipinski definition) is 0. The monoisotopic (exact) mass is 191 g/mol. The minimum atomic E-state index is -3.99. The molecule has 0 aromatic heterocycles. The lowest BCUT2D eigenvalue weighted by molar-refractivity contribution is -0.171. The highest BCUT2D eigenvalue weighted by Gasteiger charge is 2.43. The number of rotatable bonds is 1. The predicted octanol–water partition coefficient (Wildman–Crippen LogP) is 3.58. The molecule has 0 spiro atoms. The van der Waals surface area contributed by atoms with Crippen LogP contribution in [0.15, 0.2) is 0 Å². The van der Waals surface area contributed by atoms with E-state index in [1.807, 2.05) is 0 Å². The van der Waals surface area contributed by atoms with Crippen LogP contribution in [0.2, 0.25) is 0 Å². The average Bonchev–Trinajstić information content (AvgIpc) is 2.85. The topological polar surface area (TPSA) is 0 Å². The van der Waals surface area contributed by atoms with E-state index in [1.54, 1.807) is 0 Å². The van der Waals surface area contributed by atoms with Crippen LogP contribution in [0.1, 0.15) is 32.1 Å². The fourth-order valence-corrected chi connectivity index (χ4v) is 2.26. The lowest BCUT2D eigenvalue weighted by Gasteiger charge is -2.29. The molecule has 0 aliphatic heterocycles. The molecule has 0 aromatic carbocycles. The molecule has 2 saturated carbocycles. The Balaban J connectivity index is 1.81. The Morgan fingerprint density at radius 2 is 1.54 bits per heavy atom. The zero-order valence-electron chi connectivity index (χ0n) is 7.48. The quantitative estimate of drug-likeness (QED) is 0.594. The highest BCUT2D eigenvalue weighted by molar-refractivity contribution is 4.94. The molecule has 2 aliphatic rings. The maximum Gasteiger partial charge on any atom is 0.392 e. The first kappa shape index (κ1) is 9.35. The molecule has 75 valence electrons. The van der Waals surface area contributed by atoms with Crippen LogP contribution < -0.4 is 0 Å². The summed E-state index contributed by atoms with van der Waals surface area (Å²) in [6, 6.07) is 0. The van der Waals surface area contributed by atoms with Gasteiger partial charge in [-0.25, -0.2) is 0 Å². The fraction of sp³-hybridized carbons (Fsp3) is 0.900. The number of hydrogen-bond acceptors (Lipinski definition) is 0. The molecule has 1 radical (unpaired) electrons. The highest BCUT2D eigenvalue weighted by Crippen LogP contribution is 2.47. The molecule has 2 unspecified atom stereocenters. The lowest BCUT2D eigenvalue weighted by atomic mass is 9.79. The van der Waals surface area contributed by atoms with E-state index in [-0.39, 0.29) is 0 Å². The van der Waals surface area contributed by atoms with Gasteiger partial charge in [0.15, 0.2) is 0 Å². The summed E-state index contributed by atoms with van der Waals surface area (Å²) in [6.07, 6.45) is 1.79. The third kappa shape index (κ3) is 2.18. The maximum atomic E-state index is 12.3. The van der Waals surface area contributed by atoms with E-state index in [9.17, 15) is 13.2 Å². The maximum absolute atomic E-state index is 12.3. The summed E-state index contributed by atoms with van der Waals surface area (Å²) in [4.78, 5) is 0. The van der Waals surface area contributed by atoms with Crippen molar-refractivity contribution in [2.24, 2.45) is 17.8 Å². The van der Waals surface area contributed by atoms with Crippen molar-refractivity contribution in [1.29, 1.82) is 0 Å². The van der Waals surface area contributed by atoms with Crippen molar-refractivity contribution >= 4 is 0 Å². The Morgan fingerprint density at radius 3 is 1.92 bits per heavy atom. The van der Waals surface area contributed by atoms with Gasteiger partial charge < -0.3 is 0 Å². The van der Waals surface area contributed by atoms with Crippen molar-refractivity contribution in [3.63, 3.8) is 0 Å². The van der Waals surface area contributed by atoms with E-state index in [0.29, 0.717) is 18.8 Å². The third-order valence-corrected chi connectivity index (χ3v) is 3.28. The van der Waals surface area contributed by atoms with Crippen LogP contribution in [-0.2, 0) is 0 Å². The van der Waals surface area contributed by atoms with Crippen molar-refractivity contribution in [2.45, 2.75) is 38.3 Å². The Hall–Kier alpha value is -0.210. The summed E-state index contributed by atoms with van der Waals surface area (Å²) in [6.45, 7) is 0. The molecular formula is C10H14F3. The second-order valence-corrected chi connectivity index (χ2v) is 4.29. The van der Waals surface area contributed by atoms with Gasteiger partial charge >= 0.3 is 6.18 Å². The summed E-state index contributed by atoms with van der Waals surface area (Å²) < 4.78 is 36.8. The standard InChI is InChI=1S/C10H14F3/c11-10(12,13)9-5-3-8(4-6-9)7-1-2-7/h5,7-9H,1-4,6H2. The van der Waals surface area contributed by atoms with Crippen molar-refractivity contribution in [2.75, 3.05) is 0 Å². The summed E-state index contributed by atoms with van der Waals surface area (Å²) in [7, 11) is 0. The molecule has 3 heteroatoms. The van der Waals surface area contributed by atoms with E-state index < -0.39 is 12.1 Å². The largest absolute Gasteiger partial charge is 0.392 e. The fourth-order valence-electron chi connectivity index (χ4n) is 2.26. The Labute approximate surface area is 76.5 Å². The molecule has 2 rings (SSSR count). The van der Waals surface area contributed by atoms with E-state index >= 15 is 0 Å². The SMILES string of the molecule is FC(F)(F)C1[CH]CC(C2CC2)CC1. The van der Waals surface area contributed by atoms with Gasteiger partial charge in [0.25, 0.3) is 0 Å². The van der Waals surface area contributed by atoms with Gasteiger partial charge in [-0.1, -0.05) is 0 Å².